The van der Waals surface area contributed by atoms with Gasteiger partial charge in [-0.1, -0.05) is 0 Å². The molecule has 0 amide bonds. The van der Waals surface area contributed by atoms with E-state index >= 15 is 0 Å². The molecule has 4 heteroatoms. The second-order valence-corrected chi connectivity index (χ2v) is 0.530. The normalized spacial score (nSPS) is 6.17. The maximum Gasteiger partial charge on any atom is 1.00 e. The van der Waals surface area contributed by atoms with E-state index in [2.05, 4.69) is 0 Å². The molecule has 0 unspecified atom stereocenters. The van der Waals surface area contributed by atoms with Gasteiger partial charge in [-0.2, -0.15) is 0 Å². The molecule has 0 aromatic rings. The Labute approximate surface area is 94.2 Å². The number of rotatable bonds is 1. The van der Waals surface area contributed by atoms with Crippen molar-refractivity contribution >= 4 is 5.97 Å². The fourth-order valence-corrected chi connectivity index (χ4v) is 0. The number of hydrogen-bond donors (Lipinski definition) is 1. The fraction of sp³-hybridized carbons (Fsp3) is 0.500. The van der Waals surface area contributed by atoms with Crippen LogP contribution >= 0.6 is 0 Å². The van der Waals surface area contributed by atoms with Gasteiger partial charge in [0.2, 0.25) is 0 Å². The SMILES string of the molecule is O=C([O-])CO.[Cs+]. The van der Waals surface area contributed by atoms with Gasteiger partial charge in [0.15, 0.2) is 0 Å². The minimum atomic E-state index is -1.44. The summed E-state index contributed by atoms with van der Waals surface area (Å²) in [6.07, 6.45) is 0. The quantitative estimate of drug-likeness (QED) is 0.468. The van der Waals surface area contributed by atoms with Crippen LogP contribution in [-0.4, -0.2) is 17.7 Å². The van der Waals surface area contributed by atoms with Crippen molar-refractivity contribution < 1.29 is 83.9 Å². The van der Waals surface area contributed by atoms with E-state index in [-0.39, 0.29) is 68.9 Å². The standard InChI is InChI=1S/C2H4O3.Cs/c3-1-2(4)5;/h3H,1H2,(H,4,5);/q;+1/p-1. The predicted octanol–water partition coefficient (Wildman–Crippen LogP) is -5.27. The van der Waals surface area contributed by atoms with Gasteiger partial charge in [0.1, 0.15) is 0 Å². The van der Waals surface area contributed by atoms with Crippen LogP contribution in [0.5, 0.6) is 0 Å². The minimum absolute atomic E-state index is 0. The van der Waals surface area contributed by atoms with Crippen LogP contribution in [0.3, 0.4) is 0 Å². The summed E-state index contributed by atoms with van der Waals surface area (Å²) in [4.78, 5) is 9.01. The first-order chi connectivity index (χ1) is 2.27. The van der Waals surface area contributed by atoms with Crippen molar-refractivity contribution in [2.45, 2.75) is 0 Å². The maximum atomic E-state index is 9.01. The third-order valence-corrected chi connectivity index (χ3v) is 0.129. The smallest absolute Gasteiger partial charge is 0.548 e. The van der Waals surface area contributed by atoms with Gasteiger partial charge in [-0.15, -0.1) is 0 Å². The van der Waals surface area contributed by atoms with Crippen LogP contribution in [0.2, 0.25) is 0 Å². The van der Waals surface area contributed by atoms with Crippen LogP contribution in [0.25, 0.3) is 0 Å². The Bertz CT molecular complexity index is 44.1. The van der Waals surface area contributed by atoms with Crippen LogP contribution in [0, 0.1) is 0 Å². The molecule has 3 nitrogen and oxygen atoms in total. The van der Waals surface area contributed by atoms with Gasteiger partial charge in [0.05, 0.1) is 12.6 Å². The van der Waals surface area contributed by atoms with E-state index in [9.17, 15) is 0 Å². The molecule has 6 heavy (non-hydrogen) atoms. The third kappa shape index (κ3) is 9.08. The zero-order valence-electron chi connectivity index (χ0n) is 3.47. The summed E-state index contributed by atoms with van der Waals surface area (Å²) in [6, 6.07) is 0. The first-order valence-electron chi connectivity index (χ1n) is 1.08. The molecule has 0 heterocycles. The van der Waals surface area contributed by atoms with E-state index in [1.165, 1.54) is 0 Å². The molecule has 0 aliphatic rings. The number of carboxylic acids is 1. The molecular weight excluding hydrogens is 205 g/mol. The molecule has 0 saturated heterocycles. The molecule has 1 N–H and O–H groups in total. The number of carboxylic acid groups (broad SMARTS) is 1. The van der Waals surface area contributed by atoms with E-state index in [1.54, 1.807) is 0 Å². The molecule has 0 aliphatic carbocycles. The Kier molecular flexibility index (Phi) is 11.3. The molecule has 0 saturated carbocycles. The summed E-state index contributed by atoms with van der Waals surface area (Å²) in [7, 11) is 0. The topological polar surface area (TPSA) is 60.4 Å². The van der Waals surface area contributed by atoms with Gasteiger partial charge >= 0.3 is 68.9 Å². The number of carbonyl (C=O) groups is 1. The van der Waals surface area contributed by atoms with Crippen LogP contribution < -0.4 is 74.0 Å². The van der Waals surface area contributed by atoms with Crippen molar-refractivity contribution in [3.63, 3.8) is 0 Å². The van der Waals surface area contributed by atoms with E-state index < -0.39 is 12.6 Å². The molecule has 0 rings (SSSR count). The van der Waals surface area contributed by atoms with Crippen molar-refractivity contribution in [1.29, 1.82) is 0 Å². The summed E-state index contributed by atoms with van der Waals surface area (Å²) in [5.41, 5.74) is 0. The Morgan fingerprint density at radius 1 is 1.83 bits per heavy atom. The molecule has 0 fully saturated rings. The zero-order valence-corrected chi connectivity index (χ0v) is 9.75. The van der Waals surface area contributed by atoms with Gasteiger partial charge in [-0.25, -0.2) is 0 Å². The number of hydrogen-bond acceptors (Lipinski definition) is 3. The summed E-state index contributed by atoms with van der Waals surface area (Å²) in [5.74, 6) is -1.44. The maximum absolute atomic E-state index is 9.01. The summed E-state index contributed by atoms with van der Waals surface area (Å²) >= 11 is 0. The predicted molar refractivity (Wildman–Crippen MR) is 12.1 cm³/mol. The average Bonchev–Trinajstić information content (AvgIpc) is 1.38. The first-order valence-corrected chi connectivity index (χ1v) is 1.08. The Morgan fingerprint density at radius 2 is 2.00 bits per heavy atom. The molecule has 0 aromatic heterocycles. The van der Waals surface area contributed by atoms with Crippen molar-refractivity contribution in [2.75, 3.05) is 6.61 Å². The molecule has 0 spiro atoms. The zero-order chi connectivity index (χ0) is 4.28. The molecule has 0 aromatic carbocycles. The molecule has 0 bridgehead atoms. The summed E-state index contributed by atoms with van der Waals surface area (Å²) < 4.78 is 0. The number of carbonyl (C=O) groups excluding carboxylic acids is 1. The van der Waals surface area contributed by atoms with Crippen molar-refractivity contribution in [2.24, 2.45) is 0 Å². The van der Waals surface area contributed by atoms with Crippen molar-refractivity contribution in [1.82, 2.24) is 0 Å². The van der Waals surface area contributed by atoms with Gasteiger partial charge < -0.3 is 15.0 Å². The minimum Gasteiger partial charge on any atom is -0.548 e. The molecular formula is C2H3CsO3. The van der Waals surface area contributed by atoms with Crippen LogP contribution in [0.4, 0.5) is 0 Å². The van der Waals surface area contributed by atoms with E-state index in [0.717, 1.165) is 0 Å². The number of aliphatic hydroxyl groups is 1. The monoisotopic (exact) mass is 208 g/mol. The van der Waals surface area contributed by atoms with Crippen molar-refractivity contribution in [3.8, 4) is 0 Å². The van der Waals surface area contributed by atoms with E-state index in [4.69, 9.17) is 15.0 Å². The second-order valence-electron chi connectivity index (χ2n) is 0.530. The van der Waals surface area contributed by atoms with Gasteiger partial charge in [0.25, 0.3) is 0 Å². The van der Waals surface area contributed by atoms with Crippen molar-refractivity contribution in [3.05, 3.63) is 0 Å². The molecule has 0 radical (unpaired) electrons. The Morgan fingerprint density at radius 3 is 2.00 bits per heavy atom. The van der Waals surface area contributed by atoms with Crippen LogP contribution in [0.15, 0.2) is 0 Å². The van der Waals surface area contributed by atoms with Gasteiger partial charge in [-0.05, 0) is 0 Å². The second kappa shape index (κ2) is 6.48. The fourth-order valence-electron chi connectivity index (χ4n) is 0. The molecule has 0 atom stereocenters. The van der Waals surface area contributed by atoms with Crippen LogP contribution in [-0.2, 0) is 4.79 Å². The average molecular weight is 208 g/mol. The number of aliphatic carboxylic acids is 1. The Balaban J connectivity index is 0. The number of aliphatic hydroxyl groups excluding tert-OH is 1. The third-order valence-electron chi connectivity index (χ3n) is 0.129. The molecule has 0 aliphatic heterocycles. The Hall–Kier alpha value is 1.48. The van der Waals surface area contributed by atoms with E-state index in [0.29, 0.717) is 0 Å². The first kappa shape index (κ1) is 10.5. The van der Waals surface area contributed by atoms with Crippen LogP contribution in [0.1, 0.15) is 0 Å². The summed E-state index contributed by atoms with van der Waals surface area (Å²) in [5, 5.41) is 16.5. The van der Waals surface area contributed by atoms with Gasteiger partial charge in [-0.3, -0.25) is 0 Å². The van der Waals surface area contributed by atoms with E-state index in [1.807, 2.05) is 0 Å². The summed E-state index contributed by atoms with van der Waals surface area (Å²) in [6.45, 7) is -0.889. The molecule has 30 valence electrons. The largest absolute Gasteiger partial charge is 1.00 e. The van der Waals surface area contributed by atoms with Gasteiger partial charge in [0, 0.05) is 0 Å².